The molecule has 0 N–H and O–H groups in total. The van der Waals surface area contributed by atoms with Crippen LogP contribution in [0.3, 0.4) is 0 Å². The zero-order valence-electron chi connectivity index (χ0n) is 6.46. The van der Waals surface area contributed by atoms with Gasteiger partial charge in [0, 0.05) is 0 Å². The number of rotatable bonds is 0. The van der Waals surface area contributed by atoms with Crippen molar-refractivity contribution in [2.75, 3.05) is 0 Å². The first kappa shape index (κ1) is 6.73. The van der Waals surface area contributed by atoms with E-state index in [1.165, 1.54) is 22.9 Å². The molecule has 0 aliphatic carbocycles. The van der Waals surface area contributed by atoms with Crippen molar-refractivity contribution in [3.8, 4) is 0 Å². The summed E-state index contributed by atoms with van der Waals surface area (Å²) < 4.78 is 8.30. The summed E-state index contributed by atoms with van der Waals surface area (Å²) in [6.45, 7) is 4.18. The summed E-state index contributed by atoms with van der Waals surface area (Å²) in [5, 5.41) is 0. The highest BCUT2D eigenvalue weighted by atomic mass is 32.1. The van der Waals surface area contributed by atoms with Gasteiger partial charge in [0.1, 0.15) is 11.0 Å². The molecule has 0 spiro atoms. The molecule has 2 aromatic rings. The van der Waals surface area contributed by atoms with Gasteiger partial charge in [-0.2, -0.15) is 8.75 Å². The lowest BCUT2D eigenvalue weighted by Crippen LogP contribution is -1.79. The molecule has 0 radical (unpaired) electrons. The minimum Gasteiger partial charge on any atom is -0.173 e. The average molecular weight is 164 g/mol. The monoisotopic (exact) mass is 164 g/mol. The second-order valence-electron chi connectivity index (χ2n) is 2.69. The van der Waals surface area contributed by atoms with E-state index < -0.39 is 0 Å². The molecule has 0 aliphatic rings. The summed E-state index contributed by atoms with van der Waals surface area (Å²) in [5.41, 5.74) is 4.59. The van der Waals surface area contributed by atoms with Crippen molar-refractivity contribution in [3.63, 3.8) is 0 Å². The number of fused-ring (bicyclic) bond motifs is 1. The van der Waals surface area contributed by atoms with E-state index in [2.05, 4.69) is 34.7 Å². The molecule has 1 aromatic heterocycles. The maximum absolute atomic E-state index is 4.15. The van der Waals surface area contributed by atoms with Crippen molar-refractivity contribution in [2.24, 2.45) is 0 Å². The molecule has 3 heteroatoms. The summed E-state index contributed by atoms with van der Waals surface area (Å²) in [7, 11) is 0. The van der Waals surface area contributed by atoms with E-state index in [9.17, 15) is 0 Å². The van der Waals surface area contributed by atoms with Gasteiger partial charge in [-0.3, -0.25) is 0 Å². The van der Waals surface area contributed by atoms with Crippen LogP contribution in [0.4, 0.5) is 0 Å². The fourth-order valence-electron chi connectivity index (χ4n) is 1.04. The van der Waals surface area contributed by atoms with Gasteiger partial charge in [-0.1, -0.05) is 0 Å². The fourth-order valence-corrected chi connectivity index (χ4v) is 1.55. The van der Waals surface area contributed by atoms with Crippen LogP contribution in [-0.2, 0) is 0 Å². The Hall–Kier alpha value is -0.960. The Bertz CT molecular complexity index is 356. The molecule has 0 fully saturated rings. The highest BCUT2D eigenvalue weighted by Crippen LogP contribution is 2.16. The van der Waals surface area contributed by atoms with Crippen LogP contribution >= 0.6 is 11.7 Å². The second-order valence-corrected chi connectivity index (χ2v) is 3.22. The number of aryl methyl sites for hydroxylation is 2. The Labute approximate surface area is 69.2 Å². The molecule has 0 bridgehead atoms. The van der Waals surface area contributed by atoms with Crippen molar-refractivity contribution in [1.82, 2.24) is 8.75 Å². The third-order valence-electron chi connectivity index (χ3n) is 1.87. The Kier molecular flexibility index (Phi) is 1.39. The van der Waals surface area contributed by atoms with E-state index in [1.54, 1.807) is 0 Å². The van der Waals surface area contributed by atoms with Gasteiger partial charge in [-0.05, 0) is 37.1 Å². The van der Waals surface area contributed by atoms with Crippen LogP contribution in [0.2, 0.25) is 0 Å². The van der Waals surface area contributed by atoms with Crippen molar-refractivity contribution in [2.45, 2.75) is 13.8 Å². The van der Waals surface area contributed by atoms with Gasteiger partial charge in [-0.25, -0.2) is 0 Å². The molecule has 1 aromatic carbocycles. The lowest BCUT2D eigenvalue weighted by Gasteiger charge is -1.96. The SMILES string of the molecule is Cc1cc2nsnc2cc1C. The topological polar surface area (TPSA) is 25.8 Å². The van der Waals surface area contributed by atoms with Gasteiger partial charge < -0.3 is 0 Å². The van der Waals surface area contributed by atoms with Crippen molar-refractivity contribution in [1.29, 1.82) is 0 Å². The van der Waals surface area contributed by atoms with Crippen LogP contribution in [0, 0.1) is 13.8 Å². The Balaban J connectivity index is 2.86. The maximum atomic E-state index is 4.15. The lowest BCUT2D eigenvalue weighted by atomic mass is 10.1. The number of benzene rings is 1. The first-order chi connectivity index (χ1) is 5.27. The molecule has 0 amide bonds. The zero-order valence-corrected chi connectivity index (χ0v) is 7.27. The number of aromatic nitrogens is 2. The molecule has 0 unspecified atom stereocenters. The van der Waals surface area contributed by atoms with E-state index in [1.807, 2.05) is 0 Å². The first-order valence-electron chi connectivity index (χ1n) is 3.47. The molecule has 2 rings (SSSR count). The minimum absolute atomic E-state index is 1.01. The van der Waals surface area contributed by atoms with Gasteiger partial charge in [-0.15, -0.1) is 0 Å². The Morgan fingerprint density at radius 3 is 1.91 bits per heavy atom. The smallest absolute Gasteiger partial charge is 0.105 e. The Morgan fingerprint density at radius 1 is 1.00 bits per heavy atom. The lowest BCUT2D eigenvalue weighted by molar-refractivity contribution is 1.35. The predicted molar refractivity (Wildman–Crippen MR) is 46.9 cm³/mol. The molecule has 2 nitrogen and oxygen atoms in total. The van der Waals surface area contributed by atoms with Crippen LogP contribution in [-0.4, -0.2) is 8.75 Å². The number of hydrogen-bond acceptors (Lipinski definition) is 3. The molecular weight excluding hydrogens is 156 g/mol. The van der Waals surface area contributed by atoms with Crippen LogP contribution in [0.1, 0.15) is 11.1 Å². The summed E-state index contributed by atoms with van der Waals surface area (Å²) in [6, 6.07) is 4.16. The second kappa shape index (κ2) is 2.27. The van der Waals surface area contributed by atoms with Crippen LogP contribution < -0.4 is 0 Å². The maximum Gasteiger partial charge on any atom is 0.105 e. The molecule has 0 saturated heterocycles. The third-order valence-corrected chi connectivity index (χ3v) is 2.43. The predicted octanol–water partition coefficient (Wildman–Crippen LogP) is 2.31. The highest BCUT2D eigenvalue weighted by Gasteiger charge is 1.99. The van der Waals surface area contributed by atoms with Gasteiger partial charge in [0.2, 0.25) is 0 Å². The average Bonchev–Trinajstić information content (AvgIpc) is 2.36. The Morgan fingerprint density at radius 2 is 1.45 bits per heavy atom. The number of nitrogens with zero attached hydrogens (tertiary/aromatic N) is 2. The van der Waals surface area contributed by atoms with E-state index in [0.29, 0.717) is 0 Å². The normalized spacial score (nSPS) is 10.7. The molecule has 56 valence electrons. The van der Waals surface area contributed by atoms with Gasteiger partial charge >= 0.3 is 0 Å². The quantitative estimate of drug-likeness (QED) is 0.597. The summed E-state index contributed by atoms with van der Waals surface area (Å²) in [6.07, 6.45) is 0. The molecule has 0 atom stereocenters. The molecule has 1 heterocycles. The summed E-state index contributed by atoms with van der Waals surface area (Å²) >= 11 is 1.27. The summed E-state index contributed by atoms with van der Waals surface area (Å²) in [4.78, 5) is 0. The van der Waals surface area contributed by atoms with Crippen LogP contribution in [0.15, 0.2) is 12.1 Å². The van der Waals surface area contributed by atoms with Crippen LogP contribution in [0.25, 0.3) is 11.0 Å². The standard InChI is InChI=1S/C8H8N2S/c1-5-3-7-8(4-6(5)2)10-11-9-7/h3-4H,1-2H3. The highest BCUT2D eigenvalue weighted by molar-refractivity contribution is 7.00. The zero-order chi connectivity index (χ0) is 7.84. The summed E-state index contributed by atoms with van der Waals surface area (Å²) in [5.74, 6) is 0. The van der Waals surface area contributed by atoms with Crippen molar-refractivity contribution < 1.29 is 0 Å². The van der Waals surface area contributed by atoms with Gasteiger partial charge in [0.25, 0.3) is 0 Å². The van der Waals surface area contributed by atoms with Crippen LogP contribution in [0.5, 0.6) is 0 Å². The van der Waals surface area contributed by atoms with Crippen molar-refractivity contribution in [3.05, 3.63) is 23.3 Å². The largest absolute Gasteiger partial charge is 0.173 e. The van der Waals surface area contributed by atoms with E-state index >= 15 is 0 Å². The molecule has 0 saturated carbocycles. The van der Waals surface area contributed by atoms with E-state index in [-0.39, 0.29) is 0 Å². The van der Waals surface area contributed by atoms with Gasteiger partial charge in [0.05, 0.1) is 11.7 Å². The first-order valence-corrected chi connectivity index (χ1v) is 4.20. The molecule has 0 aliphatic heterocycles. The minimum atomic E-state index is 1.01. The molecule has 11 heavy (non-hydrogen) atoms. The van der Waals surface area contributed by atoms with Crippen molar-refractivity contribution >= 4 is 22.8 Å². The fraction of sp³-hybridized carbons (Fsp3) is 0.250. The van der Waals surface area contributed by atoms with E-state index in [4.69, 9.17) is 0 Å². The third kappa shape index (κ3) is 1.01. The van der Waals surface area contributed by atoms with Gasteiger partial charge in [0.15, 0.2) is 0 Å². The van der Waals surface area contributed by atoms with E-state index in [0.717, 1.165) is 11.0 Å². The number of hydrogen-bond donors (Lipinski definition) is 0. The molecular formula is C8H8N2S.